The minimum Gasteiger partial charge on any atom is -0.456 e. The standard InChI is InChI=1S/C60H39N3O/c1-60(2)50-32-33-53-56(48-20-11-12-23-52(48)64-53)55(50)47-31-28-41(35-51(47)60)58-61-57(40-25-24-39-27-29-45-42-19-10-9-18-38(42)26-30-46(45)49(39)34-40)62-59(63-58)54-43(36-14-5-3-6-15-36)21-13-22-44(54)37-16-7-4-8-17-37/h3-35H,1-2H3. The second-order valence-electron chi connectivity index (χ2n) is 17.5. The molecular weight excluding hydrogens is 779 g/mol. The number of hydrogen-bond acceptors (Lipinski definition) is 4. The van der Waals surface area contributed by atoms with Crippen LogP contribution in [0.25, 0.3) is 122 Å². The molecule has 1 aliphatic rings. The number of fused-ring (bicyclic) bond motifs is 12. The van der Waals surface area contributed by atoms with Crippen molar-refractivity contribution in [3.8, 4) is 67.5 Å². The van der Waals surface area contributed by atoms with Gasteiger partial charge in [0.05, 0.1) is 0 Å². The van der Waals surface area contributed by atoms with Gasteiger partial charge < -0.3 is 4.42 Å². The van der Waals surface area contributed by atoms with Gasteiger partial charge in [0.25, 0.3) is 0 Å². The van der Waals surface area contributed by atoms with Crippen LogP contribution in [0.15, 0.2) is 205 Å². The highest BCUT2D eigenvalue weighted by molar-refractivity contribution is 6.18. The van der Waals surface area contributed by atoms with Gasteiger partial charge in [-0.05, 0) is 101 Å². The highest BCUT2D eigenvalue weighted by atomic mass is 16.3. The molecule has 0 saturated heterocycles. The van der Waals surface area contributed by atoms with Crippen LogP contribution in [0.5, 0.6) is 0 Å². The molecule has 0 unspecified atom stereocenters. The molecule has 0 fully saturated rings. The normalized spacial score (nSPS) is 13.0. The average molecular weight is 818 g/mol. The van der Waals surface area contributed by atoms with E-state index in [0.717, 1.165) is 60.9 Å². The Morgan fingerprint density at radius 2 is 0.922 bits per heavy atom. The molecule has 2 aromatic heterocycles. The quantitative estimate of drug-likeness (QED) is 0.162. The molecule has 10 aromatic carbocycles. The van der Waals surface area contributed by atoms with E-state index in [1.54, 1.807) is 0 Å². The van der Waals surface area contributed by atoms with Gasteiger partial charge in [0.15, 0.2) is 17.5 Å². The van der Waals surface area contributed by atoms with Crippen LogP contribution in [0.2, 0.25) is 0 Å². The minimum absolute atomic E-state index is 0.282. The van der Waals surface area contributed by atoms with Crippen molar-refractivity contribution in [2.45, 2.75) is 19.3 Å². The van der Waals surface area contributed by atoms with Crippen molar-refractivity contribution in [3.05, 3.63) is 211 Å². The molecular formula is C60H39N3O. The van der Waals surface area contributed by atoms with Gasteiger partial charge in [-0.2, -0.15) is 0 Å². The summed E-state index contributed by atoms with van der Waals surface area (Å²) in [6.07, 6.45) is 0. The van der Waals surface area contributed by atoms with Gasteiger partial charge in [0.2, 0.25) is 0 Å². The van der Waals surface area contributed by atoms with Crippen LogP contribution in [-0.2, 0) is 5.41 Å². The summed E-state index contributed by atoms with van der Waals surface area (Å²) in [6.45, 7) is 4.65. The molecule has 1 aliphatic carbocycles. The van der Waals surface area contributed by atoms with Crippen molar-refractivity contribution >= 4 is 54.3 Å². The monoisotopic (exact) mass is 817 g/mol. The summed E-state index contributed by atoms with van der Waals surface area (Å²) in [5, 5.41) is 9.53. The van der Waals surface area contributed by atoms with Gasteiger partial charge in [-0.1, -0.05) is 190 Å². The molecule has 0 bridgehead atoms. The van der Waals surface area contributed by atoms with Gasteiger partial charge in [0.1, 0.15) is 11.2 Å². The Hall–Kier alpha value is -8.21. The van der Waals surface area contributed by atoms with Crippen LogP contribution < -0.4 is 0 Å². The first-order valence-corrected chi connectivity index (χ1v) is 21.9. The molecule has 4 nitrogen and oxygen atoms in total. The SMILES string of the molecule is CC1(C)c2cc(-c3nc(-c4ccc5ccc6c7ccccc7ccc6c5c4)nc(-c4c(-c5ccccc5)cccc4-c4ccccc4)n3)ccc2-c2c1ccc1oc3ccccc3c21. The molecule has 0 spiro atoms. The van der Waals surface area contributed by atoms with Crippen molar-refractivity contribution in [2.24, 2.45) is 0 Å². The zero-order valence-electron chi connectivity index (χ0n) is 35.3. The lowest BCUT2D eigenvalue weighted by molar-refractivity contribution is 0.656. The molecule has 4 heteroatoms. The predicted molar refractivity (Wildman–Crippen MR) is 264 cm³/mol. The molecule has 64 heavy (non-hydrogen) atoms. The maximum atomic E-state index is 6.39. The lowest BCUT2D eigenvalue weighted by Gasteiger charge is -2.22. The molecule has 300 valence electrons. The van der Waals surface area contributed by atoms with Crippen molar-refractivity contribution < 1.29 is 4.42 Å². The van der Waals surface area contributed by atoms with E-state index in [4.69, 9.17) is 19.4 Å². The largest absolute Gasteiger partial charge is 0.456 e. The van der Waals surface area contributed by atoms with E-state index >= 15 is 0 Å². The van der Waals surface area contributed by atoms with Crippen LogP contribution in [0.3, 0.4) is 0 Å². The first-order chi connectivity index (χ1) is 31.5. The number of aromatic nitrogens is 3. The topological polar surface area (TPSA) is 51.8 Å². The summed E-state index contributed by atoms with van der Waals surface area (Å²) in [4.78, 5) is 16.4. The molecule has 13 rings (SSSR count). The Bertz CT molecular complexity index is 3810. The highest BCUT2D eigenvalue weighted by Crippen LogP contribution is 2.54. The third-order valence-electron chi connectivity index (χ3n) is 13.5. The van der Waals surface area contributed by atoms with Gasteiger partial charge in [0, 0.05) is 32.9 Å². The first-order valence-electron chi connectivity index (χ1n) is 21.9. The second kappa shape index (κ2) is 13.9. The van der Waals surface area contributed by atoms with Crippen LogP contribution in [0.4, 0.5) is 0 Å². The molecule has 0 amide bonds. The summed E-state index contributed by atoms with van der Waals surface area (Å²) < 4.78 is 6.39. The maximum Gasteiger partial charge on any atom is 0.165 e. The lowest BCUT2D eigenvalue weighted by Crippen LogP contribution is -2.15. The zero-order chi connectivity index (χ0) is 42.5. The van der Waals surface area contributed by atoms with E-state index in [-0.39, 0.29) is 5.41 Å². The smallest absolute Gasteiger partial charge is 0.165 e. The fourth-order valence-corrected chi connectivity index (χ4v) is 10.4. The van der Waals surface area contributed by atoms with Crippen LogP contribution in [0, 0.1) is 0 Å². The molecule has 0 N–H and O–H groups in total. The number of para-hydroxylation sites is 1. The lowest BCUT2D eigenvalue weighted by atomic mass is 9.81. The summed E-state index contributed by atoms with van der Waals surface area (Å²) in [5.41, 5.74) is 13.6. The van der Waals surface area contributed by atoms with Crippen molar-refractivity contribution in [2.75, 3.05) is 0 Å². The summed E-state index contributed by atoms with van der Waals surface area (Å²) in [6, 6.07) is 71.3. The summed E-state index contributed by atoms with van der Waals surface area (Å²) in [7, 11) is 0. The number of rotatable bonds is 5. The van der Waals surface area contributed by atoms with E-state index in [9.17, 15) is 0 Å². The molecule has 0 aliphatic heterocycles. The van der Waals surface area contributed by atoms with E-state index in [1.165, 1.54) is 54.6 Å². The zero-order valence-corrected chi connectivity index (χ0v) is 35.3. The van der Waals surface area contributed by atoms with Gasteiger partial charge in [-0.3, -0.25) is 0 Å². The third kappa shape index (κ3) is 5.52. The Morgan fingerprint density at radius 3 is 1.66 bits per heavy atom. The van der Waals surface area contributed by atoms with Gasteiger partial charge in [-0.25, -0.2) is 15.0 Å². The average Bonchev–Trinajstić information content (AvgIpc) is 3.85. The Labute approximate surface area is 370 Å². The fourth-order valence-electron chi connectivity index (χ4n) is 10.4. The molecule has 2 heterocycles. The Balaban J connectivity index is 1.07. The van der Waals surface area contributed by atoms with Crippen molar-refractivity contribution in [1.82, 2.24) is 15.0 Å². The van der Waals surface area contributed by atoms with E-state index < -0.39 is 0 Å². The predicted octanol–water partition coefficient (Wildman–Crippen LogP) is 15.9. The van der Waals surface area contributed by atoms with Crippen LogP contribution in [-0.4, -0.2) is 15.0 Å². The van der Waals surface area contributed by atoms with Gasteiger partial charge in [-0.15, -0.1) is 0 Å². The summed E-state index contributed by atoms with van der Waals surface area (Å²) >= 11 is 0. The third-order valence-corrected chi connectivity index (χ3v) is 13.5. The minimum atomic E-state index is -0.282. The first kappa shape index (κ1) is 36.4. The molecule has 0 radical (unpaired) electrons. The van der Waals surface area contributed by atoms with Gasteiger partial charge >= 0.3 is 0 Å². The highest BCUT2D eigenvalue weighted by Gasteiger charge is 2.38. The number of furan rings is 1. The maximum absolute atomic E-state index is 6.39. The fraction of sp³-hybridized carbons (Fsp3) is 0.0500. The number of benzene rings is 10. The van der Waals surface area contributed by atoms with E-state index in [0.29, 0.717) is 17.5 Å². The van der Waals surface area contributed by atoms with Crippen molar-refractivity contribution in [1.29, 1.82) is 0 Å². The van der Waals surface area contributed by atoms with Crippen molar-refractivity contribution in [3.63, 3.8) is 0 Å². The Morgan fingerprint density at radius 1 is 0.344 bits per heavy atom. The number of hydrogen-bond donors (Lipinski definition) is 0. The Kier molecular flexibility index (Phi) is 7.92. The number of nitrogens with zero attached hydrogens (tertiary/aromatic N) is 3. The summed E-state index contributed by atoms with van der Waals surface area (Å²) in [5.74, 6) is 1.87. The van der Waals surface area contributed by atoms with E-state index in [2.05, 4.69) is 208 Å². The molecule has 12 aromatic rings. The second-order valence-corrected chi connectivity index (χ2v) is 17.5. The van der Waals surface area contributed by atoms with Crippen LogP contribution in [0.1, 0.15) is 25.0 Å². The van der Waals surface area contributed by atoms with E-state index in [1.807, 2.05) is 6.07 Å². The molecule has 0 saturated carbocycles. The molecule has 0 atom stereocenters. The van der Waals surface area contributed by atoms with Crippen LogP contribution >= 0.6 is 0 Å².